The van der Waals surface area contributed by atoms with E-state index in [1.54, 1.807) is 0 Å². The summed E-state index contributed by atoms with van der Waals surface area (Å²) in [5.74, 6) is 1.15. The molecule has 1 N–H and O–H groups in total. The molecule has 0 amide bonds. The van der Waals surface area contributed by atoms with Gasteiger partial charge in [-0.3, -0.25) is 4.68 Å². The highest BCUT2D eigenvalue weighted by Gasteiger charge is 2.01. The van der Waals surface area contributed by atoms with Crippen LogP contribution < -0.4 is 5.32 Å². The number of halogens is 1. The van der Waals surface area contributed by atoms with Crippen LogP contribution in [0.25, 0.3) is 0 Å². The molecule has 0 radical (unpaired) electrons. The van der Waals surface area contributed by atoms with E-state index in [2.05, 4.69) is 24.3 Å². The summed E-state index contributed by atoms with van der Waals surface area (Å²) < 4.78 is 1.89. The molecule has 0 aliphatic heterocycles. The van der Waals surface area contributed by atoms with Gasteiger partial charge in [0.05, 0.1) is 6.20 Å². The molecular formula is C10H20ClN3. The molecule has 0 atom stereocenters. The van der Waals surface area contributed by atoms with Crippen molar-refractivity contribution in [2.75, 3.05) is 11.9 Å². The molecule has 1 rings (SSSR count). The highest BCUT2D eigenvalue weighted by Crippen LogP contribution is 2.11. The van der Waals surface area contributed by atoms with E-state index in [0.29, 0.717) is 0 Å². The van der Waals surface area contributed by atoms with Crippen LogP contribution in [0.4, 0.5) is 5.82 Å². The van der Waals surface area contributed by atoms with Crippen LogP contribution >= 0.6 is 12.4 Å². The van der Waals surface area contributed by atoms with E-state index >= 15 is 0 Å². The van der Waals surface area contributed by atoms with E-state index in [-0.39, 0.29) is 12.4 Å². The molecule has 0 aromatic carbocycles. The first-order chi connectivity index (χ1) is 6.25. The summed E-state index contributed by atoms with van der Waals surface area (Å²) in [6.45, 7) is 5.35. The van der Waals surface area contributed by atoms with Crippen molar-refractivity contribution in [3.8, 4) is 0 Å². The van der Waals surface area contributed by atoms with Crippen LogP contribution in [0, 0.1) is 6.92 Å². The third-order valence-corrected chi connectivity index (χ3v) is 2.19. The number of rotatable bonds is 5. The molecule has 0 aliphatic carbocycles. The van der Waals surface area contributed by atoms with Gasteiger partial charge in [0.1, 0.15) is 5.82 Å². The summed E-state index contributed by atoms with van der Waals surface area (Å²) in [5.41, 5.74) is 1.22. The van der Waals surface area contributed by atoms with Crippen LogP contribution in [0.1, 0.15) is 31.7 Å². The molecule has 1 aromatic rings. The van der Waals surface area contributed by atoms with Crippen LogP contribution in [-0.2, 0) is 7.05 Å². The molecule has 0 bridgehead atoms. The molecule has 0 saturated heterocycles. The van der Waals surface area contributed by atoms with Gasteiger partial charge in [0.2, 0.25) is 0 Å². The summed E-state index contributed by atoms with van der Waals surface area (Å²) in [7, 11) is 1.97. The molecular weight excluding hydrogens is 198 g/mol. The number of anilines is 1. The van der Waals surface area contributed by atoms with Gasteiger partial charge < -0.3 is 5.32 Å². The van der Waals surface area contributed by atoms with Gasteiger partial charge in [-0.15, -0.1) is 12.4 Å². The topological polar surface area (TPSA) is 29.9 Å². The first-order valence-corrected chi connectivity index (χ1v) is 4.98. The largest absolute Gasteiger partial charge is 0.370 e. The van der Waals surface area contributed by atoms with Crippen molar-refractivity contribution in [1.82, 2.24) is 9.78 Å². The van der Waals surface area contributed by atoms with E-state index in [9.17, 15) is 0 Å². The van der Waals surface area contributed by atoms with E-state index in [1.807, 2.05) is 17.9 Å². The summed E-state index contributed by atoms with van der Waals surface area (Å²) in [5, 5.41) is 7.57. The van der Waals surface area contributed by atoms with Crippen LogP contribution in [0.15, 0.2) is 6.20 Å². The van der Waals surface area contributed by atoms with Crippen molar-refractivity contribution in [2.24, 2.45) is 7.05 Å². The zero-order valence-corrected chi connectivity index (χ0v) is 10.0. The molecule has 0 spiro atoms. The minimum Gasteiger partial charge on any atom is -0.370 e. The van der Waals surface area contributed by atoms with Crippen molar-refractivity contribution >= 4 is 18.2 Å². The van der Waals surface area contributed by atoms with Gasteiger partial charge >= 0.3 is 0 Å². The highest BCUT2D eigenvalue weighted by molar-refractivity contribution is 5.85. The third-order valence-electron chi connectivity index (χ3n) is 2.19. The van der Waals surface area contributed by atoms with E-state index in [4.69, 9.17) is 0 Å². The zero-order valence-electron chi connectivity index (χ0n) is 9.21. The van der Waals surface area contributed by atoms with E-state index in [0.717, 1.165) is 12.4 Å². The summed E-state index contributed by atoms with van der Waals surface area (Å²) in [6, 6.07) is 0. The van der Waals surface area contributed by atoms with Gasteiger partial charge in [0, 0.05) is 19.2 Å². The van der Waals surface area contributed by atoms with Crippen LogP contribution in [0.5, 0.6) is 0 Å². The van der Waals surface area contributed by atoms with Crippen molar-refractivity contribution < 1.29 is 0 Å². The average Bonchev–Trinajstić information content (AvgIpc) is 2.42. The lowest BCUT2D eigenvalue weighted by atomic mass is 10.2. The van der Waals surface area contributed by atoms with Gasteiger partial charge in [0.15, 0.2) is 0 Å². The molecule has 1 heterocycles. The van der Waals surface area contributed by atoms with Gasteiger partial charge in [-0.1, -0.05) is 19.8 Å². The predicted octanol–water partition coefficient (Wildman–Crippen LogP) is 2.75. The Kier molecular flexibility index (Phi) is 6.37. The van der Waals surface area contributed by atoms with Crippen molar-refractivity contribution in [2.45, 2.75) is 33.1 Å². The minimum atomic E-state index is 0. The summed E-state index contributed by atoms with van der Waals surface area (Å²) in [6.07, 6.45) is 5.69. The fourth-order valence-electron chi connectivity index (χ4n) is 1.38. The standard InChI is InChI=1S/C10H19N3.ClH/c1-4-5-6-7-11-10-9(2)8-12-13(10)3;/h8,11H,4-7H2,1-3H3;1H. The van der Waals surface area contributed by atoms with Crippen molar-refractivity contribution in [1.29, 1.82) is 0 Å². The molecule has 0 aliphatic rings. The number of hydrogen-bond acceptors (Lipinski definition) is 2. The van der Waals surface area contributed by atoms with Gasteiger partial charge in [-0.05, 0) is 13.3 Å². The van der Waals surface area contributed by atoms with Crippen LogP contribution in [0.3, 0.4) is 0 Å². The molecule has 0 unspecified atom stereocenters. The fourth-order valence-corrected chi connectivity index (χ4v) is 1.38. The van der Waals surface area contributed by atoms with E-state index in [1.165, 1.54) is 24.8 Å². The van der Waals surface area contributed by atoms with Gasteiger partial charge in [0.25, 0.3) is 0 Å². The number of aryl methyl sites for hydroxylation is 2. The zero-order chi connectivity index (χ0) is 9.68. The van der Waals surface area contributed by atoms with Crippen LogP contribution in [0.2, 0.25) is 0 Å². The Morgan fingerprint density at radius 2 is 2.14 bits per heavy atom. The second-order valence-electron chi connectivity index (χ2n) is 3.43. The maximum absolute atomic E-state index is 4.17. The third kappa shape index (κ3) is 3.58. The van der Waals surface area contributed by atoms with Crippen molar-refractivity contribution in [3.63, 3.8) is 0 Å². The molecule has 82 valence electrons. The minimum absolute atomic E-state index is 0. The SMILES string of the molecule is CCCCCNc1c(C)cnn1C.Cl. The fraction of sp³-hybridized carbons (Fsp3) is 0.700. The maximum atomic E-state index is 4.17. The normalized spacial score (nSPS) is 9.64. The first-order valence-electron chi connectivity index (χ1n) is 4.98. The lowest BCUT2D eigenvalue weighted by molar-refractivity contribution is 0.725. The number of nitrogens with one attached hydrogen (secondary N) is 1. The Bertz CT molecular complexity index is 238. The quantitative estimate of drug-likeness (QED) is 0.769. The summed E-state index contributed by atoms with van der Waals surface area (Å²) in [4.78, 5) is 0. The Balaban J connectivity index is 0.00000169. The van der Waals surface area contributed by atoms with Gasteiger partial charge in [-0.2, -0.15) is 5.10 Å². The van der Waals surface area contributed by atoms with E-state index < -0.39 is 0 Å². The second-order valence-corrected chi connectivity index (χ2v) is 3.43. The Morgan fingerprint density at radius 1 is 1.43 bits per heavy atom. The lowest BCUT2D eigenvalue weighted by Gasteiger charge is -2.06. The molecule has 0 saturated carbocycles. The first kappa shape index (κ1) is 13.3. The lowest BCUT2D eigenvalue weighted by Crippen LogP contribution is -2.07. The second kappa shape index (κ2) is 6.71. The Hall–Kier alpha value is -0.700. The van der Waals surface area contributed by atoms with Gasteiger partial charge in [-0.25, -0.2) is 0 Å². The number of hydrogen-bond donors (Lipinski definition) is 1. The number of unbranched alkanes of at least 4 members (excludes halogenated alkanes) is 2. The molecule has 3 nitrogen and oxygen atoms in total. The number of aromatic nitrogens is 2. The summed E-state index contributed by atoms with van der Waals surface area (Å²) >= 11 is 0. The highest BCUT2D eigenvalue weighted by atomic mass is 35.5. The maximum Gasteiger partial charge on any atom is 0.126 e. The molecule has 4 heteroatoms. The Labute approximate surface area is 92.3 Å². The van der Waals surface area contributed by atoms with Crippen molar-refractivity contribution in [3.05, 3.63) is 11.8 Å². The molecule has 14 heavy (non-hydrogen) atoms. The smallest absolute Gasteiger partial charge is 0.126 e. The Morgan fingerprint density at radius 3 is 2.64 bits per heavy atom. The predicted molar refractivity (Wildman–Crippen MR) is 63.2 cm³/mol. The number of nitrogens with zero attached hydrogens (tertiary/aromatic N) is 2. The molecule has 0 fully saturated rings. The average molecular weight is 218 g/mol. The van der Waals surface area contributed by atoms with Crippen LogP contribution in [-0.4, -0.2) is 16.3 Å². The monoisotopic (exact) mass is 217 g/mol. The molecule has 1 aromatic heterocycles.